The number of aromatic nitrogens is 2. The van der Waals surface area contributed by atoms with Crippen LogP contribution in [0.4, 0.5) is 5.69 Å². The van der Waals surface area contributed by atoms with E-state index in [9.17, 15) is 19.7 Å². The number of nitro benzene ring substituents is 1. The van der Waals surface area contributed by atoms with Crippen molar-refractivity contribution in [3.63, 3.8) is 0 Å². The average molecular weight is 430 g/mol. The number of nitro groups is 1. The van der Waals surface area contributed by atoms with Crippen molar-refractivity contribution >= 4 is 17.5 Å². The standard InChI is InChI=1S/C22H18N6O4/c23-10-14-1-5-16(6-2-14)22(30)27-12-20-18(9-19(27)21(24)29)25-13-26(20)11-15-3-7-17(8-4-15)28(31)32/h1-8,13,19H,9,11-12H2,(H2,24,29). The molecule has 0 aliphatic carbocycles. The number of rotatable bonds is 5. The van der Waals surface area contributed by atoms with Crippen LogP contribution in [0.2, 0.25) is 0 Å². The van der Waals surface area contributed by atoms with Crippen molar-refractivity contribution in [2.24, 2.45) is 5.73 Å². The number of non-ortho nitro benzene ring substituents is 1. The van der Waals surface area contributed by atoms with E-state index in [0.29, 0.717) is 23.4 Å². The highest BCUT2D eigenvalue weighted by atomic mass is 16.6. The molecular formula is C22H18N6O4. The lowest BCUT2D eigenvalue weighted by atomic mass is 10.00. The molecule has 1 aromatic heterocycles. The average Bonchev–Trinajstić information content (AvgIpc) is 3.19. The van der Waals surface area contributed by atoms with Crippen LogP contribution in [0.1, 0.15) is 32.9 Å². The third kappa shape index (κ3) is 3.91. The Morgan fingerprint density at radius 2 is 1.88 bits per heavy atom. The molecule has 32 heavy (non-hydrogen) atoms. The van der Waals surface area contributed by atoms with Crippen molar-refractivity contribution in [1.82, 2.24) is 14.5 Å². The number of carbonyl (C=O) groups excluding carboxylic acids is 2. The topological polar surface area (TPSA) is 148 Å². The zero-order valence-corrected chi connectivity index (χ0v) is 16.8. The zero-order chi connectivity index (χ0) is 22.8. The minimum Gasteiger partial charge on any atom is -0.368 e. The fraction of sp³-hybridized carbons (Fsp3) is 0.182. The van der Waals surface area contributed by atoms with Crippen molar-refractivity contribution in [3.8, 4) is 6.07 Å². The van der Waals surface area contributed by atoms with Gasteiger partial charge in [-0.25, -0.2) is 4.98 Å². The van der Waals surface area contributed by atoms with E-state index in [0.717, 1.165) is 11.3 Å². The summed E-state index contributed by atoms with van der Waals surface area (Å²) in [5.41, 5.74) is 8.64. The first-order chi connectivity index (χ1) is 15.4. The van der Waals surface area contributed by atoms with Gasteiger partial charge in [0.25, 0.3) is 11.6 Å². The maximum absolute atomic E-state index is 13.2. The summed E-state index contributed by atoms with van der Waals surface area (Å²) >= 11 is 0. The number of benzene rings is 2. The van der Waals surface area contributed by atoms with Crippen LogP contribution in [0, 0.1) is 21.4 Å². The highest BCUT2D eigenvalue weighted by Gasteiger charge is 2.36. The predicted octanol–water partition coefficient (Wildman–Crippen LogP) is 1.76. The molecule has 1 atom stereocenters. The molecule has 1 unspecified atom stereocenters. The number of primary amides is 1. The Kier molecular flexibility index (Phi) is 5.39. The Balaban J connectivity index is 1.61. The summed E-state index contributed by atoms with van der Waals surface area (Å²) in [6.45, 7) is 0.537. The Morgan fingerprint density at radius 3 is 2.47 bits per heavy atom. The van der Waals surface area contributed by atoms with Gasteiger partial charge in [0.2, 0.25) is 5.91 Å². The molecule has 0 saturated heterocycles. The van der Waals surface area contributed by atoms with Gasteiger partial charge in [0.15, 0.2) is 0 Å². The predicted molar refractivity (Wildman–Crippen MR) is 112 cm³/mol. The molecule has 2 N–H and O–H groups in total. The normalized spacial score (nSPS) is 15.0. The van der Waals surface area contributed by atoms with E-state index in [4.69, 9.17) is 11.0 Å². The fourth-order valence-electron chi connectivity index (χ4n) is 3.74. The molecule has 0 fully saturated rings. The lowest BCUT2D eigenvalue weighted by molar-refractivity contribution is -0.384. The van der Waals surface area contributed by atoms with Crippen molar-refractivity contribution in [2.75, 3.05) is 0 Å². The number of carbonyl (C=O) groups is 2. The van der Waals surface area contributed by atoms with Gasteiger partial charge in [0, 0.05) is 30.7 Å². The van der Waals surface area contributed by atoms with Gasteiger partial charge in [-0.3, -0.25) is 19.7 Å². The van der Waals surface area contributed by atoms with E-state index in [1.54, 1.807) is 42.7 Å². The summed E-state index contributed by atoms with van der Waals surface area (Å²) in [5.74, 6) is -0.991. The van der Waals surface area contributed by atoms with Gasteiger partial charge in [-0.05, 0) is 29.8 Å². The molecular weight excluding hydrogens is 412 g/mol. The Hall–Kier alpha value is -4.52. The molecule has 2 aromatic carbocycles. The SMILES string of the molecule is N#Cc1ccc(C(=O)N2Cc3c(ncn3Cc3ccc([N+](=O)[O-])cc3)CC2C(N)=O)cc1. The van der Waals surface area contributed by atoms with Gasteiger partial charge in [-0.2, -0.15) is 5.26 Å². The molecule has 1 aliphatic heterocycles. The smallest absolute Gasteiger partial charge is 0.269 e. The molecule has 0 radical (unpaired) electrons. The monoisotopic (exact) mass is 430 g/mol. The maximum atomic E-state index is 13.2. The van der Waals surface area contributed by atoms with Crippen molar-refractivity contribution in [3.05, 3.63) is 93.1 Å². The van der Waals surface area contributed by atoms with E-state index in [1.807, 2.05) is 10.6 Å². The molecule has 2 heterocycles. The van der Waals surface area contributed by atoms with Crippen molar-refractivity contribution < 1.29 is 14.5 Å². The number of amides is 2. The van der Waals surface area contributed by atoms with Crippen molar-refractivity contribution in [2.45, 2.75) is 25.6 Å². The molecule has 3 aromatic rings. The number of fused-ring (bicyclic) bond motifs is 1. The summed E-state index contributed by atoms with van der Waals surface area (Å²) in [7, 11) is 0. The van der Waals surface area contributed by atoms with Crippen LogP contribution in [0.3, 0.4) is 0 Å². The summed E-state index contributed by atoms with van der Waals surface area (Å²) in [5, 5.41) is 19.8. The lowest BCUT2D eigenvalue weighted by Gasteiger charge is -2.34. The second kappa shape index (κ2) is 8.31. The number of imidazole rings is 1. The Labute approximate surface area is 182 Å². The fourth-order valence-corrected chi connectivity index (χ4v) is 3.74. The highest BCUT2D eigenvalue weighted by Crippen LogP contribution is 2.25. The quantitative estimate of drug-likeness (QED) is 0.482. The molecule has 1 aliphatic rings. The second-order valence-electron chi connectivity index (χ2n) is 7.43. The van der Waals surface area contributed by atoms with Gasteiger partial charge in [0.05, 0.1) is 40.8 Å². The minimum absolute atomic E-state index is 0.00454. The van der Waals surface area contributed by atoms with Crippen LogP contribution in [-0.4, -0.2) is 37.2 Å². The van der Waals surface area contributed by atoms with Crippen LogP contribution in [-0.2, 0) is 24.3 Å². The number of hydrogen-bond donors (Lipinski definition) is 1. The Morgan fingerprint density at radius 1 is 1.19 bits per heavy atom. The maximum Gasteiger partial charge on any atom is 0.269 e. The van der Waals surface area contributed by atoms with Crippen LogP contribution in [0.5, 0.6) is 0 Å². The highest BCUT2D eigenvalue weighted by molar-refractivity contribution is 5.97. The number of nitrogens with zero attached hydrogens (tertiary/aromatic N) is 5. The van der Waals surface area contributed by atoms with E-state index in [2.05, 4.69) is 4.98 Å². The van der Waals surface area contributed by atoms with Gasteiger partial charge < -0.3 is 15.2 Å². The summed E-state index contributed by atoms with van der Waals surface area (Å²) in [6, 6.07) is 13.5. The van der Waals surface area contributed by atoms with E-state index in [1.165, 1.54) is 17.0 Å². The van der Waals surface area contributed by atoms with Crippen molar-refractivity contribution in [1.29, 1.82) is 5.26 Å². The largest absolute Gasteiger partial charge is 0.368 e. The summed E-state index contributed by atoms with van der Waals surface area (Å²) < 4.78 is 1.85. The number of nitriles is 1. The van der Waals surface area contributed by atoms with Gasteiger partial charge >= 0.3 is 0 Å². The minimum atomic E-state index is -0.839. The number of hydrogen-bond acceptors (Lipinski definition) is 6. The molecule has 0 saturated carbocycles. The van der Waals surface area contributed by atoms with E-state index in [-0.39, 0.29) is 24.6 Å². The van der Waals surface area contributed by atoms with Gasteiger partial charge in [-0.15, -0.1) is 0 Å². The van der Waals surface area contributed by atoms with Gasteiger partial charge in [0.1, 0.15) is 6.04 Å². The molecule has 0 bridgehead atoms. The molecule has 160 valence electrons. The lowest BCUT2D eigenvalue weighted by Crippen LogP contribution is -2.51. The summed E-state index contributed by atoms with van der Waals surface area (Å²) in [4.78, 5) is 41.5. The first-order valence-electron chi connectivity index (χ1n) is 9.74. The van der Waals surface area contributed by atoms with Crippen LogP contribution in [0.15, 0.2) is 54.9 Å². The first-order valence-corrected chi connectivity index (χ1v) is 9.74. The third-order valence-corrected chi connectivity index (χ3v) is 5.47. The van der Waals surface area contributed by atoms with E-state index >= 15 is 0 Å². The van der Waals surface area contributed by atoms with Gasteiger partial charge in [-0.1, -0.05) is 12.1 Å². The third-order valence-electron chi connectivity index (χ3n) is 5.47. The zero-order valence-electron chi connectivity index (χ0n) is 16.8. The summed E-state index contributed by atoms with van der Waals surface area (Å²) in [6.07, 6.45) is 1.82. The van der Waals surface area contributed by atoms with Crippen LogP contribution >= 0.6 is 0 Å². The molecule has 0 spiro atoms. The molecule has 10 nitrogen and oxygen atoms in total. The number of nitrogens with two attached hydrogens (primary N) is 1. The first kappa shape index (κ1) is 20.7. The van der Waals surface area contributed by atoms with Crippen LogP contribution < -0.4 is 5.73 Å². The Bertz CT molecular complexity index is 1240. The van der Waals surface area contributed by atoms with E-state index < -0.39 is 16.9 Å². The molecule has 10 heteroatoms. The molecule has 4 rings (SSSR count). The second-order valence-corrected chi connectivity index (χ2v) is 7.43. The molecule has 2 amide bonds. The van der Waals surface area contributed by atoms with Crippen LogP contribution in [0.25, 0.3) is 0 Å².